The minimum Gasteiger partial charge on any atom is -0.308 e. The third-order valence-electron chi connectivity index (χ3n) is 5.18. The van der Waals surface area contributed by atoms with Gasteiger partial charge in [-0.2, -0.15) is 23.4 Å². The number of aromatic nitrogens is 4. The van der Waals surface area contributed by atoms with Crippen molar-refractivity contribution in [2.24, 2.45) is 5.92 Å². The second kappa shape index (κ2) is 8.57. The summed E-state index contributed by atoms with van der Waals surface area (Å²) in [6.45, 7) is 1.84. The number of hydrogen-bond donors (Lipinski definition) is 1. The van der Waals surface area contributed by atoms with Gasteiger partial charge in [-0.25, -0.2) is 4.39 Å². The van der Waals surface area contributed by atoms with E-state index in [9.17, 15) is 22.4 Å². The number of alkyl halides is 3. The number of rotatable bonds is 7. The van der Waals surface area contributed by atoms with E-state index in [0.29, 0.717) is 11.3 Å². The lowest BCUT2D eigenvalue weighted by atomic mass is 10.1. The van der Waals surface area contributed by atoms with Crippen molar-refractivity contribution >= 4 is 23.3 Å². The Morgan fingerprint density at radius 1 is 1.28 bits per heavy atom. The van der Waals surface area contributed by atoms with E-state index in [0.717, 1.165) is 18.9 Å². The molecule has 1 saturated carbocycles. The van der Waals surface area contributed by atoms with Gasteiger partial charge in [0.1, 0.15) is 10.8 Å². The van der Waals surface area contributed by atoms with Crippen molar-refractivity contribution in [2.75, 3.05) is 5.32 Å². The molecule has 32 heavy (non-hydrogen) atoms. The third kappa shape index (κ3) is 5.12. The number of benzene rings is 1. The molecule has 11 heteroatoms. The maximum absolute atomic E-state index is 13.4. The molecule has 0 aliphatic heterocycles. The van der Waals surface area contributed by atoms with Crippen molar-refractivity contribution in [3.05, 3.63) is 64.3 Å². The number of carbonyl (C=O) groups is 1. The Morgan fingerprint density at radius 2 is 2.03 bits per heavy atom. The second-order valence-electron chi connectivity index (χ2n) is 7.95. The minimum atomic E-state index is -4.54. The highest BCUT2D eigenvalue weighted by Gasteiger charge is 2.38. The molecule has 4 rings (SSSR count). The Labute approximate surface area is 186 Å². The lowest BCUT2D eigenvalue weighted by Gasteiger charge is -2.13. The summed E-state index contributed by atoms with van der Waals surface area (Å²) in [5.74, 6) is -1.34. The molecule has 6 nitrogen and oxygen atoms in total. The van der Waals surface area contributed by atoms with Crippen LogP contribution < -0.4 is 5.32 Å². The van der Waals surface area contributed by atoms with Crippen molar-refractivity contribution in [1.29, 1.82) is 0 Å². The van der Waals surface area contributed by atoms with Gasteiger partial charge in [0.25, 0.3) is 0 Å². The van der Waals surface area contributed by atoms with Gasteiger partial charge in [0, 0.05) is 17.8 Å². The van der Waals surface area contributed by atoms with Gasteiger partial charge in [0.15, 0.2) is 11.5 Å². The van der Waals surface area contributed by atoms with E-state index < -0.39 is 23.7 Å². The Morgan fingerprint density at radius 3 is 2.69 bits per heavy atom. The molecule has 2 heterocycles. The zero-order valence-electron chi connectivity index (χ0n) is 17.0. The molecule has 1 atom stereocenters. The number of halogens is 5. The van der Waals surface area contributed by atoms with Crippen LogP contribution in [0.15, 0.2) is 36.5 Å². The Balaban J connectivity index is 1.43. The Kier molecular flexibility index (Phi) is 5.98. The van der Waals surface area contributed by atoms with Gasteiger partial charge in [-0.1, -0.05) is 30.7 Å². The van der Waals surface area contributed by atoms with E-state index in [-0.39, 0.29) is 35.7 Å². The van der Waals surface area contributed by atoms with Crippen molar-refractivity contribution in [3.63, 3.8) is 0 Å². The quantitative estimate of drug-likeness (QED) is 0.490. The first kappa shape index (κ1) is 22.3. The zero-order chi connectivity index (χ0) is 23.0. The molecule has 0 saturated heterocycles. The topological polar surface area (TPSA) is 64.7 Å². The first-order valence-electron chi connectivity index (χ1n) is 10.0. The minimum absolute atomic E-state index is 0.00460. The van der Waals surface area contributed by atoms with Crippen molar-refractivity contribution in [3.8, 4) is 0 Å². The van der Waals surface area contributed by atoms with Crippen LogP contribution in [0.3, 0.4) is 0 Å². The van der Waals surface area contributed by atoms with E-state index in [1.165, 1.54) is 27.7 Å². The van der Waals surface area contributed by atoms with Gasteiger partial charge >= 0.3 is 6.18 Å². The zero-order valence-corrected chi connectivity index (χ0v) is 17.8. The summed E-state index contributed by atoms with van der Waals surface area (Å²) < 4.78 is 55.3. The van der Waals surface area contributed by atoms with Gasteiger partial charge < -0.3 is 5.32 Å². The van der Waals surface area contributed by atoms with E-state index in [4.69, 9.17) is 11.6 Å². The number of nitrogens with zero attached hydrogens (tertiary/aromatic N) is 4. The molecule has 1 N–H and O–H groups in total. The van der Waals surface area contributed by atoms with Crippen LogP contribution in [-0.4, -0.2) is 25.5 Å². The predicted octanol–water partition coefficient (Wildman–Crippen LogP) is 5.09. The number of hydrogen-bond acceptors (Lipinski definition) is 3. The largest absolute Gasteiger partial charge is 0.435 e. The molecule has 0 radical (unpaired) electrons. The first-order valence-corrected chi connectivity index (χ1v) is 10.4. The Hall–Kier alpha value is -2.88. The van der Waals surface area contributed by atoms with Gasteiger partial charge in [-0.15, -0.1) is 0 Å². The smallest absolute Gasteiger partial charge is 0.308 e. The number of carbonyl (C=O) groups excluding carboxylic acids is 1. The van der Waals surface area contributed by atoms with Gasteiger partial charge in [0.2, 0.25) is 5.91 Å². The summed E-state index contributed by atoms with van der Waals surface area (Å²) in [5, 5.41) is 10.7. The second-order valence-corrected chi connectivity index (χ2v) is 8.36. The van der Waals surface area contributed by atoms with Gasteiger partial charge in [-0.05, 0) is 36.6 Å². The molecule has 3 aromatic rings. The molecule has 0 bridgehead atoms. The molecule has 1 aliphatic carbocycles. The number of anilines is 1. The summed E-state index contributed by atoms with van der Waals surface area (Å²) in [7, 11) is 0. The summed E-state index contributed by atoms with van der Waals surface area (Å²) in [4.78, 5) is 12.6. The van der Waals surface area contributed by atoms with Crippen LogP contribution in [0.2, 0.25) is 5.02 Å². The van der Waals surface area contributed by atoms with Crippen LogP contribution in [0.25, 0.3) is 0 Å². The average Bonchev–Trinajstić information content (AvgIpc) is 3.37. The van der Waals surface area contributed by atoms with E-state index >= 15 is 0 Å². The highest BCUT2D eigenvalue weighted by atomic mass is 35.5. The average molecular weight is 470 g/mol. The summed E-state index contributed by atoms with van der Waals surface area (Å²) in [6, 6.07) is 7.07. The van der Waals surface area contributed by atoms with Crippen LogP contribution in [0.1, 0.15) is 42.6 Å². The van der Waals surface area contributed by atoms with Crippen LogP contribution in [-0.2, 0) is 24.1 Å². The molecule has 1 aromatic carbocycles. The van der Waals surface area contributed by atoms with Gasteiger partial charge in [-0.3, -0.25) is 14.2 Å². The number of nitrogens with one attached hydrogen (secondary N) is 1. The van der Waals surface area contributed by atoms with Crippen molar-refractivity contribution < 1.29 is 22.4 Å². The van der Waals surface area contributed by atoms with Crippen LogP contribution in [0.4, 0.5) is 23.4 Å². The predicted molar refractivity (Wildman–Crippen MR) is 110 cm³/mol. The lowest BCUT2D eigenvalue weighted by Crippen LogP contribution is -2.26. The van der Waals surface area contributed by atoms with E-state index in [1.54, 1.807) is 19.1 Å². The fraction of sp³-hybridized carbons (Fsp3) is 0.381. The lowest BCUT2D eigenvalue weighted by molar-refractivity contribution is -0.141. The van der Waals surface area contributed by atoms with Crippen LogP contribution >= 0.6 is 11.6 Å². The number of amides is 1. The van der Waals surface area contributed by atoms with Crippen molar-refractivity contribution in [1.82, 2.24) is 19.6 Å². The summed E-state index contributed by atoms with van der Waals surface area (Å²) in [5.41, 5.74) is 0.211. The maximum atomic E-state index is 13.4. The van der Waals surface area contributed by atoms with Crippen molar-refractivity contribution in [2.45, 2.75) is 44.9 Å². The maximum Gasteiger partial charge on any atom is 0.435 e. The normalized spacial score (nSPS) is 15.1. The Bertz CT molecular complexity index is 1140. The molecule has 2 aromatic heterocycles. The highest BCUT2D eigenvalue weighted by molar-refractivity contribution is 6.33. The third-order valence-corrected chi connectivity index (χ3v) is 5.46. The highest BCUT2D eigenvalue weighted by Crippen LogP contribution is 2.42. The molecule has 1 amide bonds. The SMILES string of the molecule is CC(Cn1nc(C(F)(F)F)cc1C1CC1)C(=O)Nc1nn(Cc2cccc(F)c2)cc1Cl. The monoisotopic (exact) mass is 469 g/mol. The molecular formula is C21H20ClF4N5O. The van der Waals surface area contributed by atoms with Gasteiger partial charge in [0.05, 0.1) is 19.0 Å². The molecule has 1 unspecified atom stereocenters. The summed E-state index contributed by atoms with van der Waals surface area (Å²) >= 11 is 6.17. The molecule has 0 spiro atoms. The van der Waals surface area contributed by atoms with Crippen LogP contribution in [0, 0.1) is 11.7 Å². The first-order chi connectivity index (χ1) is 15.1. The van der Waals surface area contributed by atoms with E-state index in [2.05, 4.69) is 15.5 Å². The molecular weight excluding hydrogens is 450 g/mol. The molecule has 170 valence electrons. The van der Waals surface area contributed by atoms with E-state index in [1.807, 2.05) is 0 Å². The van der Waals surface area contributed by atoms with Crippen LogP contribution in [0.5, 0.6) is 0 Å². The molecule has 1 aliphatic rings. The summed E-state index contributed by atoms with van der Waals surface area (Å²) in [6.07, 6.45) is -1.42. The standard InChI is InChI=1S/C21H20ClF4N5O/c1-12(9-31-17(14-5-6-14)8-18(28-31)21(24,25)26)20(32)27-19-16(22)11-30(29-19)10-13-3-2-4-15(23)7-13/h2-4,7-8,11-12,14H,5-6,9-10H2,1H3,(H,27,29,32). The molecule has 1 fully saturated rings. The fourth-order valence-electron chi connectivity index (χ4n) is 3.39. The fourth-order valence-corrected chi connectivity index (χ4v) is 3.59.